The Balaban J connectivity index is 1.45. The highest BCUT2D eigenvalue weighted by Gasteiger charge is 2.17. The minimum atomic E-state index is -0.178. The molecule has 0 radical (unpaired) electrons. The van der Waals surface area contributed by atoms with Crippen LogP contribution in [0.15, 0.2) is 72.8 Å². The molecule has 3 aromatic rings. The number of aliphatic hydroxyl groups is 1. The van der Waals surface area contributed by atoms with Gasteiger partial charge in [-0.1, -0.05) is 42.5 Å². The lowest BCUT2D eigenvalue weighted by Gasteiger charge is -2.31. The molecule has 3 aromatic carbocycles. The molecule has 1 N–H and O–H groups in total. The zero-order chi connectivity index (χ0) is 18.6. The lowest BCUT2D eigenvalue weighted by molar-refractivity contribution is 0.104. The molecule has 0 amide bonds. The Morgan fingerprint density at radius 2 is 1.63 bits per heavy atom. The Morgan fingerprint density at radius 3 is 2.37 bits per heavy atom. The summed E-state index contributed by atoms with van der Waals surface area (Å²) in [5, 5.41) is 12.0. The molecule has 3 heteroatoms. The number of ketones is 1. The second kappa shape index (κ2) is 7.77. The third kappa shape index (κ3) is 4.09. The van der Waals surface area contributed by atoms with Crippen molar-refractivity contribution in [2.75, 3.05) is 18.0 Å². The van der Waals surface area contributed by atoms with E-state index in [2.05, 4.69) is 29.2 Å². The first kappa shape index (κ1) is 17.5. The van der Waals surface area contributed by atoms with E-state index in [9.17, 15) is 9.90 Å². The van der Waals surface area contributed by atoms with Gasteiger partial charge in [0.1, 0.15) is 0 Å². The Bertz CT molecular complexity index is 967. The normalized spacial score (nSPS) is 15.5. The van der Waals surface area contributed by atoms with Crippen molar-refractivity contribution < 1.29 is 9.90 Å². The van der Waals surface area contributed by atoms with Crippen molar-refractivity contribution in [1.82, 2.24) is 0 Å². The van der Waals surface area contributed by atoms with Gasteiger partial charge in [0.15, 0.2) is 5.78 Å². The summed E-state index contributed by atoms with van der Waals surface area (Å²) >= 11 is 0. The Labute approximate surface area is 159 Å². The fraction of sp³-hybridized carbons (Fsp3) is 0.208. The number of fused-ring (bicyclic) bond motifs is 1. The molecule has 1 heterocycles. The summed E-state index contributed by atoms with van der Waals surface area (Å²) in [6.45, 7) is 1.71. The van der Waals surface area contributed by atoms with Crippen LogP contribution in [0.3, 0.4) is 0 Å². The average Bonchev–Trinajstić information content (AvgIpc) is 2.72. The molecule has 0 aromatic heterocycles. The van der Waals surface area contributed by atoms with Crippen LogP contribution in [0.5, 0.6) is 0 Å². The fourth-order valence-electron chi connectivity index (χ4n) is 3.54. The van der Waals surface area contributed by atoms with Crippen molar-refractivity contribution >= 4 is 28.3 Å². The molecule has 0 saturated carbocycles. The van der Waals surface area contributed by atoms with Crippen molar-refractivity contribution in [3.63, 3.8) is 0 Å². The van der Waals surface area contributed by atoms with Gasteiger partial charge in [-0.2, -0.15) is 0 Å². The number of rotatable bonds is 4. The molecule has 4 rings (SSSR count). The molecule has 1 fully saturated rings. The first-order valence-corrected chi connectivity index (χ1v) is 9.43. The van der Waals surface area contributed by atoms with Gasteiger partial charge in [-0.25, -0.2) is 0 Å². The first-order chi connectivity index (χ1) is 13.2. The molecule has 1 saturated heterocycles. The van der Waals surface area contributed by atoms with Crippen LogP contribution >= 0.6 is 0 Å². The maximum absolute atomic E-state index is 12.5. The molecule has 27 heavy (non-hydrogen) atoms. The predicted octanol–water partition coefficient (Wildman–Crippen LogP) is 4.70. The van der Waals surface area contributed by atoms with E-state index in [4.69, 9.17) is 0 Å². The predicted molar refractivity (Wildman–Crippen MR) is 111 cm³/mol. The number of hydrogen-bond acceptors (Lipinski definition) is 3. The number of nitrogens with zero attached hydrogens (tertiary/aromatic N) is 1. The van der Waals surface area contributed by atoms with Gasteiger partial charge in [-0.15, -0.1) is 0 Å². The topological polar surface area (TPSA) is 40.5 Å². The Hall–Kier alpha value is -2.91. The molecule has 0 unspecified atom stereocenters. The zero-order valence-corrected chi connectivity index (χ0v) is 15.2. The van der Waals surface area contributed by atoms with E-state index in [0.29, 0.717) is 5.56 Å². The van der Waals surface area contributed by atoms with Crippen LogP contribution in [0, 0.1) is 0 Å². The Morgan fingerprint density at radius 1 is 0.926 bits per heavy atom. The third-order valence-electron chi connectivity index (χ3n) is 5.18. The SMILES string of the molecule is O=C(/C=C/c1ccc2ccccc2c1)c1ccc(N2CCC(O)CC2)cc1. The van der Waals surface area contributed by atoms with Gasteiger partial charge in [0.05, 0.1) is 6.10 Å². The van der Waals surface area contributed by atoms with E-state index in [1.807, 2.05) is 48.5 Å². The Kier molecular flexibility index (Phi) is 5.03. The van der Waals surface area contributed by atoms with Crippen LogP contribution in [-0.2, 0) is 0 Å². The smallest absolute Gasteiger partial charge is 0.185 e. The molecule has 0 bridgehead atoms. The van der Waals surface area contributed by atoms with Crippen LogP contribution in [0.25, 0.3) is 16.8 Å². The number of benzene rings is 3. The molecular weight excluding hydrogens is 334 g/mol. The van der Waals surface area contributed by atoms with Gasteiger partial charge in [0.25, 0.3) is 0 Å². The van der Waals surface area contributed by atoms with Gasteiger partial charge in [-0.05, 0) is 65.6 Å². The largest absolute Gasteiger partial charge is 0.393 e. The number of carbonyl (C=O) groups excluding carboxylic acids is 1. The second-order valence-corrected chi connectivity index (χ2v) is 7.07. The van der Waals surface area contributed by atoms with Crippen molar-refractivity contribution in [3.05, 3.63) is 83.9 Å². The van der Waals surface area contributed by atoms with Gasteiger partial charge in [-0.3, -0.25) is 4.79 Å². The van der Waals surface area contributed by atoms with E-state index < -0.39 is 0 Å². The number of aliphatic hydroxyl groups excluding tert-OH is 1. The third-order valence-corrected chi connectivity index (χ3v) is 5.18. The van der Waals surface area contributed by atoms with Crippen LogP contribution < -0.4 is 4.90 Å². The van der Waals surface area contributed by atoms with Crippen LogP contribution in [-0.4, -0.2) is 30.1 Å². The monoisotopic (exact) mass is 357 g/mol. The number of carbonyl (C=O) groups is 1. The van der Waals surface area contributed by atoms with E-state index in [0.717, 1.165) is 37.2 Å². The zero-order valence-electron chi connectivity index (χ0n) is 15.2. The van der Waals surface area contributed by atoms with Crippen molar-refractivity contribution in [1.29, 1.82) is 0 Å². The van der Waals surface area contributed by atoms with Crippen LogP contribution in [0.1, 0.15) is 28.8 Å². The van der Waals surface area contributed by atoms with Crippen LogP contribution in [0.2, 0.25) is 0 Å². The lowest BCUT2D eigenvalue weighted by atomic mass is 10.0. The highest BCUT2D eigenvalue weighted by molar-refractivity contribution is 6.07. The fourth-order valence-corrected chi connectivity index (χ4v) is 3.54. The number of piperidine rings is 1. The maximum atomic E-state index is 12.5. The molecule has 3 nitrogen and oxygen atoms in total. The maximum Gasteiger partial charge on any atom is 0.185 e. The quantitative estimate of drug-likeness (QED) is 0.544. The molecule has 1 aliphatic rings. The van der Waals surface area contributed by atoms with Crippen molar-refractivity contribution in [3.8, 4) is 0 Å². The van der Waals surface area contributed by atoms with E-state index in [1.165, 1.54) is 10.8 Å². The molecule has 0 aliphatic carbocycles. The summed E-state index contributed by atoms with van der Waals surface area (Å²) in [5.74, 6) is 0.00350. The molecule has 136 valence electrons. The minimum absolute atomic E-state index is 0.00350. The lowest BCUT2D eigenvalue weighted by Crippen LogP contribution is -2.35. The summed E-state index contributed by atoms with van der Waals surface area (Å²) in [6.07, 6.45) is 4.93. The number of hydrogen-bond donors (Lipinski definition) is 1. The van der Waals surface area contributed by atoms with Crippen molar-refractivity contribution in [2.45, 2.75) is 18.9 Å². The summed E-state index contributed by atoms with van der Waals surface area (Å²) in [6, 6.07) is 22.1. The van der Waals surface area contributed by atoms with Crippen molar-refractivity contribution in [2.24, 2.45) is 0 Å². The van der Waals surface area contributed by atoms with Gasteiger partial charge in [0, 0.05) is 24.3 Å². The highest BCUT2D eigenvalue weighted by Crippen LogP contribution is 2.21. The summed E-state index contributed by atoms with van der Waals surface area (Å²) in [4.78, 5) is 14.7. The average molecular weight is 357 g/mol. The summed E-state index contributed by atoms with van der Waals surface area (Å²) < 4.78 is 0. The summed E-state index contributed by atoms with van der Waals surface area (Å²) in [7, 11) is 0. The molecular formula is C24H23NO2. The van der Waals surface area contributed by atoms with E-state index in [1.54, 1.807) is 6.08 Å². The summed E-state index contributed by atoms with van der Waals surface area (Å²) in [5.41, 5.74) is 2.82. The van der Waals surface area contributed by atoms with E-state index in [-0.39, 0.29) is 11.9 Å². The minimum Gasteiger partial charge on any atom is -0.393 e. The molecule has 0 spiro atoms. The first-order valence-electron chi connectivity index (χ1n) is 9.43. The molecule has 0 atom stereocenters. The standard InChI is InChI=1S/C24H23NO2/c26-23-13-15-25(16-14-23)22-10-8-20(9-11-22)24(27)12-6-18-5-7-19-3-1-2-4-21(19)17-18/h1-12,17,23,26H,13-16H2/b12-6+. The van der Waals surface area contributed by atoms with Gasteiger partial charge < -0.3 is 10.0 Å². The number of anilines is 1. The highest BCUT2D eigenvalue weighted by atomic mass is 16.3. The number of allylic oxidation sites excluding steroid dienone is 1. The van der Waals surface area contributed by atoms with Gasteiger partial charge >= 0.3 is 0 Å². The second-order valence-electron chi connectivity index (χ2n) is 7.07. The molecule has 1 aliphatic heterocycles. The van der Waals surface area contributed by atoms with Crippen LogP contribution in [0.4, 0.5) is 5.69 Å². The van der Waals surface area contributed by atoms with E-state index >= 15 is 0 Å². The van der Waals surface area contributed by atoms with Gasteiger partial charge in [0.2, 0.25) is 0 Å².